The quantitative estimate of drug-likeness (QED) is 0.566. The summed E-state index contributed by atoms with van der Waals surface area (Å²) in [7, 11) is 0. The molecule has 0 unspecified atom stereocenters. The zero-order chi connectivity index (χ0) is 22.3. The Bertz CT molecular complexity index is 883. The summed E-state index contributed by atoms with van der Waals surface area (Å²) in [5.74, 6) is 0.590. The van der Waals surface area contributed by atoms with Crippen molar-refractivity contribution in [3.63, 3.8) is 0 Å². The van der Waals surface area contributed by atoms with Crippen LogP contribution in [0.15, 0.2) is 46.9 Å². The summed E-state index contributed by atoms with van der Waals surface area (Å²) in [6, 6.07) is 13.1. The number of ether oxygens (including phenoxy) is 1. The Morgan fingerprint density at radius 1 is 1.13 bits per heavy atom. The van der Waals surface area contributed by atoms with E-state index in [1.54, 1.807) is 11.8 Å². The van der Waals surface area contributed by atoms with Crippen LogP contribution in [0.4, 0.5) is 0 Å². The Morgan fingerprint density at radius 2 is 1.83 bits per heavy atom. The molecule has 6 heteroatoms. The van der Waals surface area contributed by atoms with E-state index < -0.39 is 6.04 Å². The van der Waals surface area contributed by atoms with E-state index in [0.717, 1.165) is 15.6 Å². The maximum Gasteiger partial charge on any atom is 0.261 e. The number of carbonyl (C=O) groups excluding carboxylic acids is 2. The largest absolute Gasteiger partial charge is 0.483 e. The molecule has 0 aliphatic rings. The lowest BCUT2D eigenvalue weighted by Crippen LogP contribution is -2.49. The van der Waals surface area contributed by atoms with Crippen LogP contribution in [0.2, 0.25) is 0 Å². The first-order valence-electron chi connectivity index (χ1n) is 10.3. The van der Waals surface area contributed by atoms with E-state index in [1.807, 2.05) is 56.3 Å². The molecular weight excluding hydrogens is 444 g/mol. The van der Waals surface area contributed by atoms with E-state index >= 15 is 0 Å². The monoisotopic (exact) mass is 474 g/mol. The van der Waals surface area contributed by atoms with Crippen molar-refractivity contribution >= 4 is 27.7 Å². The Kier molecular flexibility index (Phi) is 8.90. The molecular formula is C24H31BrN2O3. The zero-order valence-corrected chi connectivity index (χ0v) is 20.0. The zero-order valence-electron chi connectivity index (χ0n) is 18.4. The average Bonchev–Trinajstić information content (AvgIpc) is 2.71. The Hall–Kier alpha value is -2.34. The summed E-state index contributed by atoms with van der Waals surface area (Å²) in [5.41, 5.74) is 3.27. The van der Waals surface area contributed by atoms with Crippen molar-refractivity contribution in [2.45, 2.75) is 53.1 Å². The molecule has 2 amide bonds. The van der Waals surface area contributed by atoms with Gasteiger partial charge in [-0.1, -0.05) is 44.2 Å². The van der Waals surface area contributed by atoms with Crippen molar-refractivity contribution in [2.24, 2.45) is 0 Å². The molecule has 2 rings (SSSR count). The van der Waals surface area contributed by atoms with Crippen molar-refractivity contribution in [1.82, 2.24) is 10.2 Å². The fourth-order valence-electron chi connectivity index (χ4n) is 3.09. The Balaban J connectivity index is 2.17. The van der Waals surface area contributed by atoms with E-state index in [9.17, 15) is 9.59 Å². The minimum Gasteiger partial charge on any atom is -0.483 e. The number of rotatable bonds is 9. The van der Waals surface area contributed by atoms with Gasteiger partial charge in [-0.15, -0.1) is 0 Å². The second kappa shape index (κ2) is 11.2. The molecule has 5 nitrogen and oxygen atoms in total. The third-order valence-electron chi connectivity index (χ3n) is 5.09. The number of carbonyl (C=O) groups is 2. The molecule has 0 saturated carbocycles. The fourth-order valence-corrected chi connectivity index (χ4v) is 3.60. The summed E-state index contributed by atoms with van der Waals surface area (Å²) < 4.78 is 6.61. The molecule has 0 radical (unpaired) electrons. The molecule has 0 saturated heterocycles. The van der Waals surface area contributed by atoms with Gasteiger partial charge >= 0.3 is 0 Å². The average molecular weight is 475 g/mol. The summed E-state index contributed by atoms with van der Waals surface area (Å²) >= 11 is 3.52. The highest BCUT2D eigenvalue weighted by atomic mass is 79.9. The molecule has 0 heterocycles. The predicted molar refractivity (Wildman–Crippen MR) is 124 cm³/mol. The number of amides is 2. The smallest absolute Gasteiger partial charge is 0.261 e. The molecule has 0 aliphatic heterocycles. The van der Waals surface area contributed by atoms with Gasteiger partial charge in [0.1, 0.15) is 11.8 Å². The molecule has 0 spiro atoms. The van der Waals surface area contributed by atoms with Crippen LogP contribution in [-0.4, -0.2) is 35.9 Å². The van der Waals surface area contributed by atoms with Gasteiger partial charge < -0.3 is 15.0 Å². The van der Waals surface area contributed by atoms with E-state index in [4.69, 9.17) is 4.74 Å². The van der Waals surface area contributed by atoms with E-state index in [0.29, 0.717) is 24.8 Å². The minimum atomic E-state index is -0.604. The van der Waals surface area contributed by atoms with Crippen molar-refractivity contribution in [2.75, 3.05) is 13.2 Å². The number of hydrogen-bond donors (Lipinski definition) is 1. The number of hydrogen-bond acceptors (Lipinski definition) is 3. The molecule has 0 fully saturated rings. The van der Waals surface area contributed by atoms with Crippen molar-refractivity contribution in [3.05, 3.63) is 63.6 Å². The van der Waals surface area contributed by atoms with Gasteiger partial charge in [0.25, 0.3) is 5.91 Å². The first-order chi connectivity index (χ1) is 14.2. The first-order valence-corrected chi connectivity index (χ1v) is 11.1. The van der Waals surface area contributed by atoms with Crippen LogP contribution in [0.25, 0.3) is 0 Å². The number of likely N-dealkylation sites (N-methyl/N-ethyl adjacent to an activating group) is 1. The standard InChI is InChI=1S/C24H31BrN2O3/c1-6-26-24(29)18(5)27(14-20-10-8-7-9-17(20)4)23(28)15-30-22-12-11-19(16(2)3)13-21(22)25/h7-13,16,18H,6,14-15H2,1-5H3,(H,26,29)/t18-/m1/s1. The fraction of sp³-hybridized carbons (Fsp3) is 0.417. The van der Waals surface area contributed by atoms with Gasteiger partial charge in [0, 0.05) is 13.1 Å². The van der Waals surface area contributed by atoms with Crippen LogP contribution in [0, 0.1) is 6.92 Å². The maximum absolute atomic E-state index is 13.1. The van der Waals surface area contributed by atoms with Crippen molar-refractivity contribution in [3.8, 4) is 5.75 Å². The lowest BCUT2D eigenvalue weighted by atomic mass is 10.0. The SMILES string of the molecule is CCNC(=O)[C@@H](C)N(Cc1ccccc1C)C(=O)COc1ccc(C(C)C)cc1Br. The lowest BCUT2D eigenvalue weighted by Gasteiger charge is -2.29. The topological polar surface area (TPSA) is 58.6 Å². The lowest BCUT2D eigenvalue weighted by molar-refractivity contribution is -0.142. The molecule has 2 aromatic carbocycles. The second-order valence-corrected chi connectivity index (χ2v) is 8.51. The van der Waals surface area contributed by atoms with Crippen molar-refractivity contribution in [1.29, 1.82) is 0 Å². The van der Waals surface area contributed by atoms with Gasteiger partial charge in [0.05, 0.1) is 4.47 Å². The Labute approximate surface area is 187 Å². The molecule has 1 atom stereocenters. The number of halogens is 1. The van der Waals surface area contributed by atoms with Crippen LogP contribution in [0.3, 0.4) is 0 Å². The molecule has 30 heavy (non-hydrogen) atoms. The second-order valence-electron chi connectivity index (χ2n) is 7.65. The molecule has 2 aromatic rings. The molecule has 0 aromatic heterocycles. The van der Waals surface area contributed by atoms with Crippen LogP contribution in [0.1, 0.15) is 50.3 Å². The normalized spacial score (nSPS) is 11.8. The van der Waals surface area contributed by atoms with Gasteiger partial charge in [0.2, 0.25) is 5.91 Å². The number of nitrogens with zero attached hydrogens (tertiary/aromatic N) is 1. The predicted octanol–water partition coefficient (Wildman–Crippen LogP) is 4.81. The molecule has 0 aliphatic carbocycles. The van der Waals surface area contributed by atoms with Gasteiger partial charge in [-0.2, -0.15) is 0 Å². The van der Waals surface area contributed by atoms with Gasteiger partial charge in [0.15, 0.2) is 6.61 Å². The highest BCUT2D eigenvalue weighted by molar-refractivity contribution is 9.10. The first kappa shape index (κ1) is 23.9. The van der Waals surface area contributed by atoms with E-state index in [-0.39, 0.29) is 18.4 Å². The number of aryl methyl sites for hydroxylation is 1. The van der Waals surface area contributed by atoms with Crippen LogP contribution in [-0.2, 0) is 16.1 Å². The molecule has 162 valence electrons. The summed E-state index contributed by atoms with van der Waals surface area (Å²) in [4.78, 5) is 27.1. The van der Waals surface area contributed by atoms with Crippen LogP contribution in [0.5, 0.6) is 5.75 Å². The minimum absolute atomic E-state index is 0.144. The van der Waals surface area contributed by atoms with Crippen LogP contribution >= 0.6 is 15.9 Å². The van der Waals surface area contributed by atoms with Crippen molar-refractivity contribution < 1.29 is 14.3 Å². The van der Waals surface area contributed by atoms with Gasteiger partial charge in [-0.05, 0) is 71.4 Å². The highest BCUT2D eigenvalue weighted by Crippen LogP contribution is 2.29. The molecule has 1 N–H and O–H groups in total. The van der Waals surface area contributed by atoms with E-state index in [1.165, 1.54) is 5.56 Å². The van der Waals surface area contributed by atoms with Crippen LogP contribution < -0.4 is 10.1 Å². The Morgan fingerprint density at radius 3 is 2.43 bits per heavy atom. The number of nitrogens with one attached hydrogen (secondary N) is 1. The van der Waals surface area contributed by atoms with Gasteiger partial charge in [-0.25, -0.2) is 0 Å². The maximum atomic E-state index is 13.1. The van der Waals surface area contributed by atoms with Gasteiger partial charge in [-0.3, -0.25) is 9.59 Å². The molecule has 0 bridgehead atoms. The summed E-state index contributed by atoms with van der Waals surface area (Å²) in [6.45, 7) is 10.6. The number of benzene rings is 2. The van der Waals surface area contributed by atoms with E-state index in [2.05, 4.69) is 35.1 Å². The highest BCUT2D eigenvalue weighted by Gasteiger charge is 2.26. The third kappa shape index (κ3) is 6.33. The summed E-state index contributed by atoms with van der Waals surface area (Å²) in [6.07, 6.45) is 0. The summed E-state index contributed by atoms with van der Waals surface area (Å²) in [5, 5.41) is 2.80. The third-order valence-corrected chi connectivity index (χ3v) is 5.71.